The zero-order valence-electron chi connectivity index (χ0n) is 12.0. The second kappa shape index (κ2) is 7.95. The van der Waals surface area contributed by atoms with Crippen molar-refractivity contribution in [2.45, 2.75) is 6.92 Å². The molecule has 0 saturated heterocycles. The average molecular weight is 382 g/mol. The lowest BCUT2D eigenvalue weighted by atomic mass is 10.1. The average Bonchev–Trinajstić information content (AvgIpc) is 2.53. The summed E-state index contributed by atoms with van der Waals surface area (Å²) in [7, 11) is 0. The lowest BCUT2D eigenvalue weighted by Gasteiger charge is -2.12. The van der Waals surface area contributed by atoms with Crippen LogP contribution in [0.1, 0.15) is 6.92 Å². The molecule has 1 amide bonds. The Morgan fingerprint density at radius 1 is 1.23 bits per heavy atom. The van der Waals surface area contributed by atoms with Gasteiger partial charge in [0.05, 0.1) is 4.47 Å². The number of benzene rings is 2. The van der Waals surface area contributed by atoms with Gasteiger partial charge in [0.15, 0.2) is 11.7 Å². The van der Waals surface area contributed by atoms with Crippen molar-refractivity contribution in [1.82, 2.24) is 16.2 Å². The molecule has 116 valence electrons. The first-order chi connectivity index (χ1) is 10.6. The molecule has 0 spiro atoms. The molecule has 0 bridgehead atoms. The van der Waals surface area contributed by atoms with Crippen molar-refractivity contribution in [2.24, 2.45) is 0 Å². The van der Waals surface area contributed by atoms with Crippen molar-refractivity contribution in [3.8, 4) is 5.75 Å². The number of ether oxygens (including phenoxy) is 1. The predicted octanol–water partition coefficient (Wildman–Crippen LogP) is 2.50. The summed E-state index contributed by atoms with van der Waals surface area (Å²) in [4.78, 5) is 11.7. The van der Waals surface area contributed by atoms with Crippen LogP contribution in [0.4, 0.5) is 0 Å². The molecule has 0 aliphatic rings. The zero-order valence-corrected chi connectivity index (χ0v) is 14.4. The third kappa shape index (κ3) is 4.32. The topological polar surface area (TPSA) is 62.4 Å². The van der Waals surface area contributed by atoms with E-state index in [9.17, 15) is 4.79 Å². The van der Waals surface area contributed by atoms with E-state index in [0.29, 0.717) is 17.4 Å². The number of rotatable bonds is 4. The largest absolute Gasteiger partial charge is 0.483 e. The van der Waals surface area contributed by atoms with E-state index in [1.54, 1.807) is 0 Å². The van der Waals surface area contributed by atoms with Crippen LogP contribution in [-0.2, 0) is 4.79 Å². The molecule has 0 heterocycles. The van der Waals surface area contributed by atoms with Crippen molar-refractivity contribution >= 4 is 49.9 Å². The molecule has 0 aromatic heterocycles. The highest BCUT2D eigenvalue weighted by atomic mass is 79.9. The van der Waals surface area contributed by atoms with E-state index in [4.69, 9.17) is 17.0 Å². The minimum atomic E-state index is -0.319. The molecular weight excluding hydrogens is 366 g/mol. The molecular formula is C15H16BrN3O2S. The summed E-state index contributed by atoms with van der Waals surface area (Å²) in [5.74, 6) is 0.295. The number of hydrazine groups is 1. The number of fused-ring (bicyclic) bond motifs is 1. The normalized spacial score (nSPS) is 10.1. The number of amides is 1. The van der Waals surface area contributed by atoms with Crippen LogP contribution >= 0.6 is 28.1 Å². The number of carbonyl (C=O) groups excluding carboxylic acids is 1. The van der Waals surface area contributed by atoms with Gasteiger partial charge in [0, 0.05) is 6.54 Å². The molecule has 2 aromatic rings. The molecule has 2 rings (SSSR count). The van der Waals surface area contributed by atoms with E-state index in [2.05, 4.69) is 32.1 Å². The molecule has 0 fully saturated rings. The summed E-state index contributed by atoms with van der Waals surface area (Å²) in [6.45, 7) is 2.48. The Morgan fingerprint density at radius 2 is 2.00 bits per heavy atom. The highest BCUT2D eigenvalue weighted by Gasteiger charge is 2.08. The molecule has 0 atom stereocenters. The second-order valence-corrected chi connectivity index (χ2v) is 5.62. The zero-order chi connectivity index (χ0) is 15.9. The Balaban J connectivity index is 1.93. The van der Waals surface area contributed by atoms with Crippen LogP contribution in [0.15, 0.2) is 40.9 Å². The maximum absolute atomic E-state index is 11.7. The maximum Gasteiger partial charge on any atom is 0.276 e. The first-order valence-corrected chi connectivity index (χ1v) is 7.94. The SMILES string of the molecule is CCNC(=S)NNC(=O)COc1ccc2ccccc2c1Br. The summed E-state index contributed by atoms with van der Waals surface area (Å²) in [6.07, 6.45) is 0. The minimum Gasteiger partial charge on any atom is -0.483 e. The number of hydrogen-bond acceptors (Lipinski definition) is 3. The van der Waals surface area contributed by atoms with E-state index in [-0.39, 0.29) is 12.5 Å². The van der Waals surface area contributed by atoms with Crippen LogP contribution in [0.5, 0.6) is 5.75 Å². The van der Waals surface area contributed by atoms with Crippen LogP contribution in [0.3, 0.4) is 0 Å². The number of hydrogen-bond donors (Lipinski definition) is 3. The lowest BCUT2D eigenvalue weighted by Crippen LogP contribution is -2.48. The van der Waals surface area contributed by atoms with Gasteiger partial charge in [0.2, 0.25) is 0 Å². The van der Waals surface area contributed by atoms with Gasteiger partial charge in [0.1, 0.15) is 5.75 Å². The minimum absolute atomic E-state index is 0.112. The maximum atomic E-state index is 11.7. The Morgan fingerprint density at radius 3 is 2.77 bits per heavy atom. The van der Waals surface area contributed by atoms with E-state index < -0.39 is 0 Å². The quantitative estimate of drug-likeness (QED) is 0.560. The highest BCUT2D eigenvalue weighted by molar-refractivity contribution is 9.10. The van der Waals surface area contributed by atoms with Crippen LogP contribution in [-0.4, -0.2) is 24.2 Å². The van der Waals surface area contributed by atoms with Gasteiger partial charge in [-0.05, 0) is 51.9 Å². The van der Waals surface area contributed by atoms with Gasteiger partial charge in [-0.15, -0.1) is 0 Å². The Bertz CT molecular complexity index is 694. The Kier molecular flexibility index (Phi) is 5.97. The molecule has 0 aliphatic carbocycles. The molecule has 0 unspecified atom stereocenters. The third-order valence-electron chi connectivity index (χ3n) is 2.84. The van der Waals surface area contributed by atoms with Gasteiger partial charge in [-0.2, -0.15) is 0 Å². The molecule has 0 saturated carbocycles. The number of thiocarbonyl (C=S) groups is 1. The van der Waals surface area contributed by atoms with Gasteiger partial charge in [-0.25, -0.2) is 0 Å². The van der Waals surface area contributed by atoms with E-state index >= 15 is 0 Å². The van der Waals surface area contributed by atoms with Gasteiger partial charge >= 0.3 is 0 Å². The van der Waals surface area contributed by atoms with Crippen molar-refractivity contribution in [3.05, 3.63) is 40.9 Å². The summed E-state index contributed by atoms with van der Waals surface area (Å²) >= 11 is 8.45. The summed E-state index contributed by atoms with van der Waals surface area (Å²) in [5, 5.41) is 5.36. The Labute approximate surface area is 142 Å². The standard InChI is InChI=1S/C15H16BrN3O2S/c1-2-17-15(22)19-18-13(20)9-21-12-8-7-10-5-3-4-6-11(10)14(12)16/h3-8H,2,9H2,1H3,(H,18,20)(H2,17,19,22). The summed E-state index contributed by atoms with van der Waals surface area (Å²) < 4.78 is 6.36. The molecule has 7 heteroatoms. The number of carbonyl (C=O) groups is 1. The highest BCUT2D eigenvalue weighted by Crippen LogP contribution is 2.32. The van der Waals surface area contributed by atoms with Gasteiger partial charge in [-0.3, -0.25) is 15.6 Å². The number of nitrogens with one attached hydrogen (secondary N) is 3. The molecule has 0 radical (unpaired) electrons. The predicted molar refractivity (Wildman–Crippen MR) is 94.7 cm³/mol. The Hall–Kier alpha value is -1.86. The summed E-state index contributed by atoms with van der Waals surface area (Å²) in [5.41, 5.74) is 5.05. The fourth-order valence-electron chi connectivity index (χ4n) is 1.84. The molecule has 22 heavy (non-hydrogen) atoms. The van der Waals surface area contributed by atoms with E-state index in [1.165, 1.54) is 0 Å². The number of halogens is 1. The third-order valence-corrected chi connectivity index (χ3v) is 3.90. The molecule has 3 N–H and O–H groups in total. The fraction of sp³-hybridized carbons (Fsp3) is 0.200. The van der Waals surface area contributed by atoms with Crippen LogP contribution < -0.4 is 20.9 Å². The van der Waals surface area contributed by atoms with Crippen molar-refractivity contribution < 1.29 is 9.53 Å². The first-order valence-electron chi connectivity index (χ1n) is 6.74. The van der Waals surface area contributed by atoms with Crippen molar-refractivity contribution in [2.75, 3.05) is 13.2 Å². The van der Waals surface area contributed by atoms with Gasteiger partial charge in [-0.1, -0.05) is 30.3 Å². The molecule has 0 aliphatic heterocycles. The van der Waals surface area contributed by atoms with Crippen LogP contribution in [0, 0.1) is 0 Å². The van der Waals surface area contributed by atoms with Crippen molar-refractivity contribution in [1.29, 1.82) is 0 Å². The summed E-state index contributed by atoms with van der Waals surface area (Å²) in [6, 6.07) is 11.7. The molecule has 2 aromatic carbocycles. The van der Waals surface area contributed by atoms with E-state index in [1.807, 2.05) is 43.3 Å². The van der Waals surface area contributed by atoms with Crippen LogP contribution in [0.25, 0.3) is 10.8 Å². The first kappa shape index (κ1) is 16.5. The molecule has 5 nitrogen and oxygen atoms in total. The fourth-order valence-corrected chi connectivity index (χ4v) is 2.64. The second-order valence-electron chi connectivity index (χ2n) is 4.42. The van der Waals surface area contributed by atoms with Gasteiger partial charge in [0.25, 0.3) is 5.91 Å². The van der Waals surface area contributed by atoms with Gasteiger partial charge < -0.3 is 10.1 Å². The smallest absolute Gasteiger partial charge is 0.276 e. The lowest BCUT2D eigenvalue weighted by molar-refractivity contribution is -0.123. The monoisotopic (exact) mass is 381 g/mol. The van der Waals surface area contributed by atoms with Crippen LogP contribution in [0.2, 0.25) is 0 Å². The van der Waals surface area contributed by atoms with Crippen molar-refractivity contribution in [3.63, 3.8) is 0 Å². The van der Waals surface area contributed by atoms with E-state index in [0.717, 1.165) is 15.2 Å².